The molecular weight excluding hydrogens is 346 g/mol. The number of carbonyl (C=O) groups is 1. The van der Waals surface area contributed by atoms with Crippen molar-refractivity contribution in [3.05, 3.63) is 33.8 Å². The van der Waals surface area contributed by atoms with E-state index in [1.165, 1.54) is 0 Å². The fraction of sp³-hybridized carbons (Fsp3) is 0.588. The van der Waals surface area contributed by atoms with Crippen LogP contribution in [0.25, 0.3) is 0 Å². The van der Waals surface area contributed by atoms with E-state index in [0.717, 1.165) is 15.6 Å². The standard InChI is InChI=1S/C17H26BrNO3/c1-11(2)12-7-13(9-14(18)8-12)17(6,10-20)19-15(21)22-16(3,4)5/h7-9,11,20H,10H2,1-6H3,(H,19,21). The normalized spacial score (nSPS) is 14.6. The molecule has 1 amide bonds. The molecule has 2 N–H and O–H groups in total. The summed E-state index contributed by atoms with van der Waals surface area (Å²) in [5.41, 5.74) is 0.477. The monoisotopic (exact) mass is 371 g/mol. The van der Waals surface area contributed by atoms with Gasteiger partial charge in [-0.15, -0.1) is 0 Å². The van der Waals surface area contributed by atoms with Gasteiger partial charge in [0, 0.05) is 4.47 Å². The lowest BCUT2D eigenvalue weighted by atomic mass is 9.89. The van der Waals surface area contributed by atoms with Crippen molar-refractivity contribution in [2.24, 2.45) is 0 Å². The van der Waals surface area contributed by atoms with Crippen LogP contribution >= 0.6 is 15.9 Å². The molecule has 1 atom stereocenters. The van der Waals surface area contributed by atoms with E-state index >= 15 is 0 Å². The van der Waals surface area contributed by atoms with Gasteiger partial charge in [0.15, 0.2) is 0 Å². The number of aliphatic hydroxyl groups excluding tert-OH is 1. The quantitative estimate of drug-likeness (QED) is 0.828. The predicted octanol–water partition coefficient (Wildman–Crippen LogP) is 4.30. The van der Waals surface area contributed by atoms with Crippen molar-refractivity contribution in [1.29, 1.82) is 0 Å². The third-order valence-corrected chi connectivity index (χ3v) is 3.77. The molecule has 0 saturated carbocycles. The zero-order valence-corrected chi connectivity index (χ0v) is 15.7. The van der Waals surface area contributed by atoms with Crippen LogP contribution in [0.2, 0.25) is 0 Å². The fourth-order valence-corrected chi connectivity index (χ4v) is 2.51. The molecule has 0 spiro atoms. The van der Waals surface area contributed by atoms with Crippen LogP contribution in [0, 0.1) is 0 Å². The Bertz CT molecular complexity index is 537. The zero-order chi connectivity index (χ0) is 17.1. The van der Waals surface area contributed by atoms with Crippen molar-refractivity contribution in [3.8, 4) is 0 Å². The van der Waals surface area contributed by atoms with E-state index in [9.17, 15) is 9.90 Å². The van der Waals surface area contributed by atoms with Crippen LogP contribution in [-0.2, 0) is 10.3 Å². The molecule has 0 heterocycles. The molecule has 0 radical (unpaired) electrons. The van der Waals surface area contributed by atoms with Gasteiger partial charge in [0.05, 0.1) is 12.1 Å². The predicted molar refractivity (Wildman–Crippen MR) is 92.0 cm³/mol. The second-order valence-corrected chi connectivity index (χ2v) is 7.96. The van der Waals surface area contributed by atoms with Gasteiger partial charge in [-0.25, -0.2) is 4.79 Å². The van der Waals surface area contributed by atoms with Gasteiger partial charge < -0.3 is 15.2 Å². The number of amides is 1. The maximum Gasteiger partial charge on any atom is 0.408 e. The highest BCUT2D eigenvalue weighted by atomic mass is 79.9. The largest absolute Gasteiger partial charge is 0.444 e. The van der Waals surface area contributed by atoms with E-state index in [1.54, 1.807) is 27.7 Å². The first-order valence-corrected chi connectivity index (χ1v) is 8.19. The Balaban J connectivity index is 3.10. The second-order valence-electron chi connectivity index (χ2n) is 7.05. The summed E-state index contributed by atoms with van der Waals surface area (Å²) in [6, 6.07) is 5.95. The lowest BCUT2D eigenvalue weighted by Crippen LogP contribution is -2.48. The molecule has 0 saturated heterocycles. The number of carbonyl (C=O) groups excluding carboxylic acids is 1. The Morgan fingerprint density at radius 1 is 1.27 bits per heavy atom. The molecule has 1 aromatic rings. The molecule has 1 aromatic carbocycles. The number of aliphatic hydroxyl groups is 1. The van der Waals surface area contributed by atoms with Crippen molar-refractivity contribution in [2.45, 2.75) is 58.6 Å². The molecule has 5 heteroatoms. The number of ether oxygens (including phenoxy) is 1. The number of benzene rings is 1. The molecule has 22 heavy (non-hydrogen) atoms. The van der Waals surface area contributed by atoms with Gasteiger partial charge in [-0.05, 0) is 56.9 Å². The highest BCUT2D eigenvalue weighted by molar-refractivity contribution is 9.10. The fourth-order valence-electron chi connectivity index (χ4n) is 2.00. The van der Waals surface area contributed by atoms with Gasteiger partial charge in [-0.3, -0.25) is 0 Å². The number of hydrogen-bond donors (Lipinski definition) is 2. The molecule has 1 unspecified atom stereocenters. The summed E-state index contributed by atoms with van der Waals surface area (Å²) < 4.78 is 6.21. The molecule has 124 valence electrons. The van der Waals surface area contributed by atoms with Crippen molar-refractivity contribution >= 4 is 22.0 Å². The van der Waals surface area contributed by atoms with Crippen molar-refractivity contribution in [3.63, 3.8) is 0 Å². The summed E-state index contributed by atoms with van der Waals surface area (Å²) in [4.78, 5) is 12.1. The zero-order valence-electron chi connectivity index (χ0n) is 14.2. The first-order valence-electron chi connectivity index (χ1n) is 7.40. The third kappa shape index (κ3) is 5.29. The highest BCUT2D eigenvalue weighted by Gasteiger charge is 2.31. The van der Waals surface area contributed by atoms with Gasteiger partial charge in [-0.2, -0.15) is 0 Å². The average Bonchev–Trinajstić information content (AvgIpc) is 2.35. The summed E-state index contributed by atoms with van der Waals surface area (Å²) in [5, 5.41) is 12.6. The molecule has 1 rings (SSSR count). The minimum absolute atomic E-state index is 0.222. The van der Waals surface area contributed by atoms with E-state index in [-0.39, 0.29) is 6.61 Å². The highest BCUT2D eigenvalue weighted by Crippen LogP contribution is 2.29. The van der Waals surface area contributed by atoms with E-state index in [0.29, 0.717) is 5.92 Å². The average molecular weight is 372 g/mol. The minimum Gasteiger partial charge on any atom is -0.444 e. The van der Waals surface area contributed by atoms with Crippen LogP contribution in [0.4, 0.5) is 4.79 Å². The Morgan fingerprint density at radius 3 is 2.32 bits per heavy atom. The molecule has 0 aliphatic heterocycles. The number of nitrogens with one attached hydrogen (secondary N) is 1. The van der Waals surface area contributed by atoms with Crippen LogP contribution in [0.1, 0.15) is 58.6 Å². The topological polar surface area (TPSA) is 58.6 Å². The third-order valence-electron chi connectivity index (χ3n) is 3.32. The summed E-state index contributed by atoms with van der Waals surface area (Å²) in [5.74, 6) is 0.348. The number of hydrogen-bond acceptors (Lipinski definition) is 3. The number of alkyl carbamates (subject to hydrolysis) is 1. The lowest BCUT2D eigenvalue weighted by molar-refractivity contribution is 0.0411. The van der Waals surface area contributed by atoms with Crippen LogP contribution < -0.4 is 5.32 Å². The van der Waals surface area contributed by atoms with Gasteiger partial charge in [0.25, 0.3) is 0 Å². The molecule has 0 aromatic heterocycles. The smallest absolute Gasteiger partial charge is 0.408 e. The number of rotatable bonds is 4. The van der Waals surface area contributed by atoms with Crippen molar-refractivity contribution < 1.29 is 14.6 Å². The molecular formula is C17H26BrNO3. The van der Waals surface area contributed by atoms with Gasteiger partial charge in [-0.1, -0.05) is 35.8 Å². The van der Waals surface area contributed by atoms with E-state index in [4.69, 9.17) is 4.74 Å². The first-order chi connectivity index (χ1) is 9.97. The maximum atomic E-state index is 12.1. The Hall–Kier alpha value is -1.07. The van der Waals surface area contributed by atoms with E-state index < -0.39 is 17.2 Å². The second kappa shape index (κ2) is 7.01. The van der Waals surface area contributed by atoms with E-state index in [1.807, 2.05) is 18.2 Å². The molecule has 4 nitrogen and oxygen atoms in total. The Kier molecular flexibility index (Phi) is 6.04. The SMILES string of the molecule is CC(C)c1cc(Br)cc(C(C)(CO)NC(=O)OC(C)(C)C)c1. The Morgan fingerprint density at radius 2 is 1.86 bits per heavy atom. The van der Waals surface area contributed by atoms with Crippen LogP contribution in [0.15, 0.2) is 22.7 Å². The van der Waals surface area contributed by atoms with Gasteiger partial charge >= 0.3 is 6.09 Å². The summed E-state index contributed by atoms with van der Waals surface area (Å²) in [7, 11) is 0. The van der Waals surface area contributed by atoms with Gasteiger partial charge in [0.1, 0.15) is 5.60 Å². The minimum atomic E-state index is -0.907. The molecule has 0 aliphatic carbocycles. The van der Waals surface area contributed by atoms with Crippen molar-refractivity contribution in [2.75, 3.05) is 6.61 Å². The first kappa shape index (κ1) is 19.0. The van der Waals surface area contributed by atoms with Gasteiger partial charge in [0.2, 0.25) is 0 Å². The molecule has 0 aliphatic rings. The maximum absolute atomic E-state index is 12.1. The summed E-state index contributed by atoms with van der Waals surface area (Å²) in [6.07, 6.45) is -0.546. The lowest BCUT2D eigenvalue weighted by Gasteiger charge is -2.31. The molecule has 0 fully saturated rings. The van der Waals surface area contributed by atoms with Crippen LogP contribution in [-0.4, -0.2) is 23.4 Å². The van der Waals surface area contributed by atoms with E-state index in [2.05, 4.69) is 35.1 Å². The summed E-state index contributed by atoms with van der Waals surface area (Å²) >= 11 is 3.49. The molecule has 0 bridgehead atoms. The van der Waals surface area contributed by atoms with Crippen molar-refractivity contribution in [1.82, 2.24) is 5.32 Å². The summed E-state index contributed by atoms with van der Waals surface area (Å²) in [6.45, 7) is 11.2. The number of halogens is 1. The Labute approximate surface area is 141 Å². The van der Waals surface area contributed by atoms with Crippen LogP contribution in [0.5, 0.6) is 0 Å². The van der Waals surface area contributed by atoms with Crippen LogP contribution in [0.3, 0.4) is 0 Å².